The molecule has 0 spiro atoms. The molecule has 19 heavy (non-hydrogen) atoms. The maximum atomic E-state index is 13.6. The third-order valence-corrected chi connectivity index (χ3v) is 2.84. The van der Waals surface area contributed by atoms with Crippen molar-refractivity contribution in [1.29, 1.82) is 0 Å². The lowest BCUT2D eigenvalue weighted by atomic mass is 10.1. The van der Waals surface area contributed by atoms with Crippen molar-refractivity contribution in [3.8, 4) is 0 Å². The SMILES string of the molecule is NCc1ccc(COCCc2ccccn2)c(F)c1. The predicted molar refractivity (Wildman–Crippen MR) is 71.9 cm³/mol. The highest BCUT2D eigenvalue weighted by Gasteiger charge is 2.03. The molecule has 3 nitrogen and oxygen atoms in total. The van der Waals surface area contributed by atoms with E-state index in [-0.39, 0.29) is 12.4 Å². The first-order valence-corrected chi connectivity index (χ1v) is 6.24. The first-order chi connectivity index (χ1) is 9.29. The van der Waals surface area contributed by atoms with Crippen molar-refractivity contribution in [2.75, 3.05) is 6.61 Å². The second-order valence-corrected chi connectivity index (χ2v) is 4.25. The number of benzene rings is 1. The summed E-state index contributed by atoms with van der Waals surface area (Å²) in [5.74, 6) is -0.263. The molecule has 0 radical (unpaired) electrons. The minimum Gasteiger partial charge on any atom is -0.376 e. The lowest BCUT2D eigenvalue weighted by Crippen LogP contribution is -2.03. The zero-order valence-electron chi connectivity index (χ0n) is 10.7. The van der Waals surface area contributed by atoms with E-state index in [0.717, 1.165) is 17.7 Å². The molecule has 0 saturated carbocycles. The highest BCUT2D eigenvalue weighted by Crippen LogP contribution is 2.11. The minimum absolute atomic E-state index is 0.263. The smallest absolute Gasteiger partial charge is 0.129 e. The Labute approximate surface area is 112 Å². The largest absolute Gasteiger partial charge is 0.376 e. The van der Waals surface area contributed by atoms with Crippen LogP contribution in [0.3, 0.4) is 0 Å². The molecule has 0 fully saturated rings. The Morgan fingerprint density at radius 1 is 1.21 bits per heavy atom. The van der Waals surface area contributed by atoms with Crippen molar-refractivity contribution in [2.45, 2.75) is 19.6 Å². The Morgan fingerprint density at radius 3 is 2.79 bits per heavy atom. The van der Waals surface area contributed by atoms with Gasteiger partial charge in [0.2, 0.25) is 0 Å². The fourth-order valence-electron chi connectivity index (χ4n) is 1.74. The maximum absolute atomic E-state index is 13.6. The molecule has 0 aliphatic heterocycles. The summed E-state index contributed by atoms with van der Waals surface area (Å²) < 4.78 is 19.1. The molecule has 0 saturated heterocycles. The van der Waals surface area contributed by atoms with Gasteiger partial charge in [-0.2, -0.15) is 0 Å². The molecule has 4 heteroatoms. The predicted octanol–water partition coefficient (Wildman–Crippen LogP) is 2.44. The molecule has 2 rings (SSSR count). The van der Waals surface area contributed by atoms with E-state index in [2.05, 4.69) is 4.98 Å². The van der Waals surface area contributed by atoms with Gasteiger partial charge in [0.05, 0.1) is 13.2 Å². The van der Waals surface area contributed by atoms with Crippen LogP contribution in [0.5, 0.6) is 0 Å². The maximum Gasteiger partial charge on any atom is 0.129 e. The average Bonchev–Trinajstić information content (AvgIpc) is 2.46. The number of halogens is 1. The summed E-state index contributed by atoms with van der Waals surface area (Å²) in [5, 5.41) is 0. The number of pyridine rings is 1. The van der Waals surface area contributed by atoms with Crippen LogP contribution in [-0.2, 0) is 24.3 Å². The van der Waals surface area contributed by atoms with Crippen molar-refractivity contribution in [3.05, 3.63) is 65.2 Å². The lowest BCUT2D eigenvalue weighted by molar-refractivity contribution is 0.121. The summed E-state index contributed by atoms with van der Waals surface area (Å²) in [4.78, 5) is 4.20. The van der Waals surface area contributed by atoms with Gasteiger partial charge in [-0.1, -0.05) is 18.2 Å². The van der Waals surface area contributed by atoms with Crippen molar-refractivity contribution < 1.29 is 9.13 Å². The number of rotatable bonds is 6. The van der Waals surface area contributed by atoms with Gasteiger partial charge in [0.15, 0.2) is 0 Å². The molecule has 100 valence electrons. The topological polar surface area (TPSA) is 48.1 Å². The van der Waals surface area contributed by atoms with Gasteiger partial charge in [0.25, 0.3) is 0 Å². The number of nitrogens with zero attached hydrogens (tertiary/aromatic N) is 1. The molecule has 0 atom stereocenters. The van der Waals surface area contributed by atoms with Crippen LogP contribution in [0.25, 0.3) is 0 Å². The van der Waals surface area contributed by atoms with Crippen molar-refractivity contribution in [2.24, 2.45) is 5.73 Å². The molecular formula is C15H17FN2O. The first-order valence-electron chi connectivity index (χ1n) is 6.24. The summed E-state index contributed by atoms with van der Waals surface area (Å²) in [6.45, 7) is 1.14. The number of ether oxygens (including phenoxy) is 1. The van der Waals surface area contributed by atoms with Crippen molar-refractivity contribution >= 4 is 0 Å². The van der Waals surface area contributed by atoms with E-state index in [9.17, 15) is 4.39 Å². The van der Waals surface area contributed by atoms with Gasteiger partial charge in [0.1, 0.15) is 5.82 Å². The fraction of sp³-hybridized carbons (Fsp3) is 0.267. The van der Waals surface area contributed by atoms with Crippen LogP contribution in [0.2, 0.25) is 0 Å². The molecule has 2 aromatic rings. The molecule has 1 heterocycles. The standard InChI is InChI=1S/C15H17FN2O/c16-15-9-12(10-17)4-5-13(15)11-19-8-6-14-3-1-2-7-18-14/h1-5,7,9H,6,8,10-11,17H2. The molecule has 0 aliphatic carbocycles. The second kappa shape index (κ2) is 6.97. The summed E-state index contributed by atoms with van der Waals surface area (Å²) in [7, 11) is 0. The summed E-state index contributed by atoms with van der Waals surface area (Å²) in [6.07, 6.45) is 2.48. The zero-order chi connectivity index (χ0) is 13.5. The van der Waals surface area contributed by atoms with E-state index in [0.29, 0.717) is 18.7 Å². The van der Waals surface area contributed by atoms with Gasteiger partial charge in [-0.05, 0) is 23.8 Å². The third-order valence-electron chi connectivity index (χ3n) is 2.84. The van der Waals surface area contributed by atoms with E-state index in [1.807, 2.05) is 24.3 Å². The summed E-state index contributed by atoms with van der Waals surface area (Å²) in [6, 6.07) is 10.8. The van der Waals surface area contributed by atoms with Crippen LogP contribution in [0.15, 0.2) is 42.6 Å². The van der Waals surface area contributed by atoms with Crippen LogP contribution in [-0.4, -0.2) is 11.6 Å². The highest BCUT2D eigenvalue weighted by atomic mass is 19.1. The molecule has 0 amide bonds. The van der Waals surface area contributed by atoms with Gasteiger partial charge in [0, 0.05) is 30.4 Å². The quantitative estimate of drug-likeness (QED) is 0.811. The van der Waals surface area contributed by atoms with E-state index >= 15 is 0 Å². The highest BCUT2D eigenvalue weighted by molar-refractivity contribution is 5.23. The van der Waals surface area contributed by atoms with Gasteiger partial charge < -0.3 is 10.5 Å². The average molecular weight is 260 g/mol. The van der Waals surface area contributed by atoms with E-state index in [1.54, 1.807) is 12.3 Å². The summed E-state index contributed by atoms with van der Waals surface area (Å²) in [5.41, 5.74) is 7.76. The van der Waals surface area contributed by atoms with E-state index in [1.165, 1.54) is 6.07 Å². The molecule has 0 bridgehead atoms. The summed E-state index contributed by atoms with van der Waals surface area (Å²) >= 11 is 0. The Kier molecular flexibility index (Phi) is 5.01. The van der Waals surface area contributed by atoms with E-state index < -0.39 is 0 Å². The molecular weight excluding hydrogens is 243 g/mol. The Hall–Kier alpha value is -1.78. The fourth-order valence-corrected chi connectivity index (χ4v) is 1.74. The Balaban J connectivity index is 1.80. The van der Waals surface area contributed by atoms with Crippen LogP contribution in [0.1, 0.15) is 16.8 Å². The van der Waals surface area contributed by atoms with Gasteiger partial charge in [-0.25, -0.2) is 4.39 Å². The molecule has 0 unspecified atom stereocenters. The number of nitrogens with two attached hydrogens (primary N) is 1. The zero-order valence-corrected chi connectivity index (χ0v) is 10.7. The number of hydrogen-bond acceptors (Lipinski definition) is 3. The Morgan fingerprint density at radius 2 is 2.11 bits per heavy atom. The third kappa shape index (κ3) is 4.12. The van der Waals surface area contributed by atoms with Crippen LogP contribution < -0.4 is 5.73 Å². The van der Waals surface area contributed by atoms with Crippen LogP contribution in [0.4, 0.5) is 4.39 Å². The lowest BCUT2D eigenvalue weighted by Gasteiger charge is -2.06. The normalized spacial score (nSPS) is 10.6. The van der Waals surface area contributed by atoms with Crippen LogP contribution in [0, 0.1) is 5.82 Å². The first kappa shape index (κ1) is 13.6. The minimum atomic E-state index is -0.263. The molecule has 1 aromatic heterocycles. The van der Waals surface area contributed by atoms with Crippen molar-refractivity contribution in [3.63, 3.8) is 0 Å². The van der Waals surface area contributed by atoms with Gasteiger partial charge in [-0.3, -0.25) is 4.98 Å². The number of hydrogen-bond donors (Lipinski definition) is 1. The number of aromatic nitrogens is 1. The van der Waals surface area contributed by atoms with Crippen molar-refractivity contribution in [1.82, 2.24) is 4.98 Å². The van der Waals surface area contributed by atoms with E-state index in [4.69, 9.17) is 10.5 Å². The second-order valence-electron chi connectivity index (χ2n) is 4.25. The Bertz CT molecular complexity index is 517. The van der Waals surface area contributed by atoms with Gasteiger partial charge >= 0.3 is 0 Å². The van der Waals surface area contributed by atoms with Crippen LogP contribution >= 0.6 is 0 Å². The molecule has 2 N–H and O–H groups in total. The molecule has 0 aliphatic rings. The molecule has 1 aromatic carbocycles. The van der Waals surface area contributed by atoms with Gasteiger partial charge in [-0.15, -0.1) is 0 Å². The monoisotopic (exact) mass is 260 g/mol.